The highest BCUT2D eigenvalue weighted by molar-refractivity contribution is 6.10. The van der Waals surface area contributed by atoms with Crippen LogP contribution in [0.4, 0.5) is 5.69 Å². The third kappa shape index (κ3) is 4.10. The van der Waals surface area contributed by atoms with Gasteiger partial charge in [0.2, 0.25) is 11.8 Å². The molecule has 6 nitrogen and oxygen atoms in total. The second-order valence-corrected chi connectivity index (χ2v) is 5.97. The number of nitrogens with one attached hydrogen (secondary N) is 2. The van der Waals surface area contributed by atoms with Crippen LogP contribution < -0.4 is 10.6 Å². The largest absolute Gasteiger partial charge is 0.467 e. The molecule has 0 saturated heterocycles. The van der Waals surface area contributed by atoms with Crippen LogP contribution in [0.1, 0.15) is 36.9 Å². The quantitative estimate of drug-likeness (QED) is 0.630. The molecular formula is C18H20N2O4. The fraction of sp³-hybridized carbons (Fsp3) is 0.278. The number of benzene rings is 1. The van der Waals surface area contributed by atoms with Crippen molar-refractivity contribution in [2.45, 2.75) is 27.3 Å². The maximum absolute atomic E-state index is 12.4. The average molecular weight is 328 g/mol. The molecule has 0 fully saturated rings. The zero-order chi connectivity index (χ0) is 17.7. The van der Waals surface area contributed by atoms with Crippen LogP contribution in [0.5, 0.6) is 0 Å². The Morgan fingerprint density at radius 1 is 1.04 bits per heavy atom. The molecule has 1 aromatic heterocycles. The van der Waals surface area contributed by atoms with Gasteiger partial charge in [-0.3, -0.25) is 14.4 Å². The van der Waals surface area contributed by atoms with E-state index in [0.717, 1.165) is 0 Å². The number of Topliss-reactive ketones (excluding diaryl/α,β-unsaturated/α-hetero) is 1. The van der Waals surface area contributed by atoms with Crippen LogP contribution in [0, 0.1) is 5.41 Å². The smallest absolute Gasteiger partial charge is 0.239 e. The zero-order valence-electron chi connectivity index (χ0n) is 13.9. The Morgan fingerprint density at radius 2 is 1.71 bits per heavy atom. The maximum Gasteiger partial charge on any atom is 0.239 e. The van der Waals surface area contributed by atoms with Crippen LogP contribution in [-0.4, -0.2) is 17.6 Å². The van der Waals surface area contributed by atoms with E-state index >= 15 is 0 Å². The van der Waals surface area contributed by atoms with E-state index in [2.05, 4.69) is 10.6 Å². The maximum atomic E-state index is 12.4. The Balaban J connectivity index is 1.98. The minimum atomic E-state index is -1.26. The molecule has 2 N–H and O–H groups in total. The Morgan fingerprint density at radius 3 is 2.25 bits per heavy atom. The van der Waals surface area contributed by atoms with E-state index in [9.17, 15) is 14.4 Å². The van der Waals surface area contributed by atoms with Crippen molar-refractivity contribution >= 4 is 23.3 Å². The lowest BCUT2D eigenvalue weighted by molar-refractivity contribution is -0.138. The third-order valence-electron chi connectivity index (χ3n) is 3.69. The number of carbonyl (C=O) groups excluding carboxylic acids is 3. The molecule has 0 spiro atoms. The number of anilines is 1. The molecule has 1 aromatic carbocycles. The van der Waals surface area contributed by atoms with E-state index < -0.39 is 17.2 Å². The average Bonchev–Trinajstić information content (AvgIpc) is 3.06. The van der Waals surface area contributed by atoms with Crippen LogP contribution in [0.3, 0.4) is 0 Å². The van der Waals surface area contributed by atoms with Gasteiger partial charge in [-0.1, -0.05) is 0 Å². The minimum absolute atomic E-state index is 0.0505. The van der Waals surface area contributed by atoms with Gasteiger partial charge in [0.15, 0.2) is 5.78 Å². The number of rotatable bonds is 6. The van der Waals surface area contributed by atoms with Crippen molar-refractivity contribution in [2.75, 3.05) is 5.32 Å². The first-order chi connectivity index (χ1) is 11.3. The van der Waals surface area contributed by atoms with Crippen LogP contribution in [0.25, 0.3) is 0 Å². The lowest BCUT2D eigenvalue weighted by atomic mass is 9.91. The fourth-order valence-corrected chi connectivity index (χ4v) is 1.98. The van der Waals surface area contributed by atoms with E-state index in [0.29, 0.717) is 17.0 Å². The molecule has 0 aliphatic carbocycles. The van der Waals surface area contributed by atoms with E-state index in [1.54, 1.807) is 50.2 Å². The van der Waals surface area contributed by atoms with Gasteiger partial charge in [0.05, 0.1) is 12.8 Å². The summed E-state index contributed by atoms with van der Waals surface area (Å²) in [5.74, 6) is -0.281. The van der Waals surface area contributed by atoms with Gasteiger partial charge < -0.3 is 15.1 Å². The first kappa shape index (κ1) is 17.5. The predicted molar refractivity (Wildman–Crippen MR) is 89.4 cm³/mol. The molecule has 2 aromatic rings. The number of hydrogen-bond donors (Lipinski definition) is 2. The van der Waals surface area contributed by atoms with E-state index in [1.165, 1.54) is 13.2 Å². The molecule has 0 atom stereocenters. The van der Waals surface area contributed by atoms with E-state index in [-0.39, 0.29) is 12.3 Å². The molecule has 0 saturated carbocycles. The van der Waals surface area contributed by atoms with Gasteiger partial charge in [-0.05, 0) is 57.2 Å². The monoisotopic (exact) mass is 328 g/mol. The van der Waals surface area contributed by atoms with Gasteiger partial charge in [-0.15, -0.1) is 0 Å². The highest BCUT2D eigenvalue weighted by Crippen LogP contribution is 2.20. The van der Waals surface area contributed by atoms with E-state index in [1.807, 2.05) is 0 Å². The highest BCUT2D eigenvalue weighted by Gasteiger charge is 2.36. The van der Waals surface area contributed by atoms with Crippen molar-refractivity contribution in [2.24, 2.45) is 5.41 Å². The number of furan rings is 1. The standard InChI is InChI=1S/C18H20N2O4/c1-12(21)13-6-8-14(9-7-13)20-17(23)18(2,3)16(22)19-11-15-5-4-10-24-15/h4-10H,11H2,1-3H3,(H,19,22)(H,20,23). The summed E-state index contributed by atoms with van der Waals surface area (Å²) in [7, 11) is 0. The van der Waals surface area contributed by atoms with Crippen molar-refractivity contribution in [1.29, 1.82) is 0 Å². The van der Waals surface area contributed by atoms with Crippen LogP contribution in [0.15, 0.2) is 47.1 Å². The summed E-state index contributed by atoms with van der Waals surface area (Å²) in [5.41, 5.74) is -0.174. The molecule has 1 heterocycles. The molecular weight excluding hydrogens is 308 g/mol. The van der Waals surface area contributed by atoms with Crippen LogP contribution >= 0.6 is 0 Å². The summed E-state index contributed by atoms with van der Waals surface area (Å²) in [5, 5.41) is 5.37. The van der Waals surface area contributed by atoms with Crippen LogP contribution in [0.2, 0.25) is 0 Å². The molecule has 2 rings (SSSR count). The fourth-order valence-electron chi connectivity index (χ4n) is 1.98. The highest BCUT2D eigenvalue weighted by atomic mass is 16.3. The van der Waals surface area contributed by atoms with Gasteiger partial charge in [0.1, 0.15) is 11.2 Å². The lowest BCUT2D eigenvalue weighted by Crippen LogP contribution is -2.44. The van der Waals surface area contributed by atoms with Crippen molar-refractivity contribution in [3.63, 3.8) is 0 Å². The zero-order valence-corrected chi connectivity index (χ0v) is 13.9. The topological polar surface area (TPSA) is 88.4 Å². The first-order valence-corrected chi connectivity index (χ1v) is 7.54. The van der Waals surface area contributed by atoms with Crippen molar-refractivity contribution in [3.05, 3.63) is 54.0 Å². The molecule has 24 heavy (non-hydrogen) atoms. The number of hydrogen-bond acceptors (Lipinski definition) is 4. The number of carbonyl (C=O) groups is 3. The summed E-state index contributed by atoms with van der Waals surface area (Å²) < 4.78 is 5.14. The molecule has 0 radical (unpaired) electrons. The molecule has 0 aliphatic heterocycles. The molecule has 126 valence electrons. The SMILES string of the molecule is CC(=O)c1ccc(NC(=O)C(C)(C)C(=O)NCc2ccco2)cc1. The Hall–Kier alpha value is -2.89. The van der Waals surface area contributed by atoms with Gasteiger partial charge in [0, 0.05) is 11.3 Å². The number of amides is 2. The summed E-state index contributed by atoms with van der Waals surface area (Å²) >= 11 is 0. The van der Waals surface area contributed by atoms with E-state index in [4.69, 9.17) is 4.42 Å². The second kappa shape index (κ2) is 7.12. The Bertz CT molecular complexity index is 731. The molecule has 2 amide bonds. The lowest BCUT2D eigenvalue weighted by Gasteiger charge is -2.22. The number of ketones is 1. The summed E-state index contributed by atoms with van der Waals surface area (Å²) in [4.78, 5) is 35.9. The minimum Gasteiger partial charge on any atom is -0.467 e. The van der Waals surface area contributed by atoms with Crippen molar-refractivity contribution in [1.82, 2.24) is 5.32 Å². The Kier molecular flexibility index (Phi) is 5.18. The molecule has 0 unspecified atom stereocenters. The Labute approximate surface area is 140 Å². The summed E-state index contributed by atoms with van der Waals surface area (Å²) in [6, 6.07) is 9.98. The second-order valence-electron chi connectivity index (χ2n) is 5.97. The van der Waals surface area contributed by atoms with Gasteiger partial charge in [-0.25, -0.2) is 0 Å². The molecule has 0 aliphatic rings. The third-order valence-corrected chi connectivity index (χ3v) is 3.69. The van der Waals surface area contributed by atoms with Gasteiger partial charge >= 0.3 is 0 Å². The van der Waals surface area contributed by atoms with Gasteiger partial charge in [-0.2, -0.15) is 0 Å². The van der Waals surface area contributed by atoms with Crippen molar-refractivity contribution < 1.29 is 18.8 Å². The summed E-state index contributed by atoms with van der Waals surface area (Å²) in [6.07, 6.45) is 1.52. The van der Waals surface area contributed by atoms with Gasteiger partial charge in [0.25, 0.3) is 0 Å². The van der Waals surface area contributed by atoms with Crippen LogP contribution in [-0.2, 0) is 16.1 Å². The molecule has 6 heteroatoms. The van der Waals surface area contributed by atoms with Crippen molar-refractivity contribution in [3.8, 4) is 0 Å². The normalized spacial score (nSPS) is 11.0. The predicted octanol–water partition coefficient (Wildman–Crippen LogP) is 2.76. The summed E-state index contributed by atoms with van der Waals surface area (Å²) in [6.45, 7) is 4.78. The first-order valence-electron chi connectivity index (χ1n) is 7.54. The molecule has 0 bridgehead atoms.